The van der Waals surface area contributed by atoms with Crippen LogP contribution < -0.4 is 4.90 Å². The number of anilines is 1. The fourth-order valence-electron chi connectivity index (χ4n) is 2.17. The van der Waals surface area contributed by atoms with E-state index in [-0.39, 0.29) is 12.3 Å². The number of nitrogens with zero attached hydrogens (tertiary/aromatic N) is 1. The lowest BCUT2D eigenvalue weighted by Gasteiger charge is -2.36. The van der Waals surface area contributed by atoms with Crippen LogP contribution in [0.25, 0.3) is 0 Å². The Bertz CT molecular complexity index is 554. The Morgan fingerprint density at radius 2 is 1.62 bits per heavy atom. The lowest BCUT2D eigenvalue weighted by atomic mass is 10.1. The summed E-state index contributed by atoms with van der Waals surface area (Å²) in [5, 5.41) is 8.79. The van der Waals surface area contributed by atoms with Gasteiger partial charge in [0, 0.05) is 24.1 Å². The third-order valence-electron chi connectivity index (χ3n) is 3.11. The molecule has 1 aliphatic rings. The second-order valence-corrected chi connectivity index (χ2v) is 5.59. The maximum Gasteiger partial charge on any atom is 0.305 e. The average molecular weight is 327 g/mol. The molecule has 2 rings (SSSR count). The SMILES string of the molecule is O=C(O)CC1CSCCN1c1c(F)c(F)c(F)c(F)c1F. The summed E-state index contributed by atoms with van der Waals surface area (Å²) < 4.78 is 67.1. The van der Waals surface area contributed by atoms with Gasteiger partial charge in [-0.05, 0) is 0 Å². The zero-order valence-electron chi connectivity index (χ0n) is 10.5. The Morgan fingerprint density at radius 1 is 1.10 bits per heavy atom. The van der Waals surface area contributed by atoms with Crippen molar-refractivity contribution < 1.29 is 31.9 Å². The van der Waals surface area contributed by atoms with Gasteiger partial charge >= 0.3 is 5.97 Å². The number of carboxylic acids is 1. The maximum absolute atomic E-state index is 13.8. The molecule has 1 aromatic carbocycles. The molecule has 1 atom stereocenters. The van der Waals surface area contributed by atoms with Gasteiger partial charge in [0.15, 0.2) is 23.3 Å². The Kier molecular flexibility index (Phi) is 4.60. The molecule has 1 unspecified atom stereocenters. The first kappa shape index (κ1) is 15.9. The Balaban J connectivity index is 2.50. The predicted molar refractivity (Wildman–Crippen MR) is 66.9 cm³/mol. The number of halogens is 5. The molecule has 0 amide bonds. The minimum absolute atomic E-state index is 0.000958. The van der Waals surface area contributed by atoms with Crippen molar-refractivity contribution in [3.8, 4) is 0 Å². The van der Waals surface area contributed by atoms with Crippen LogP contribution in [0, 0.1) is 29.1 Å². The van der Waals surface area contributed by atoms with Gasteiger partial charge < -0.3 is 10.0 Å². The van der Waals surface area contributed by atoms with Crippen molar-refractivity contribution in [3.05, 3.63) is 29.1 Å². The number of thioether (sulfide) groups is 1. The topological polar surface area (TPSA) is 40.5 Å². The molecule has 0 aromatic heterocycles. The van der Waals surface area contributed by atoms with E-state index < -0.39 is 53.2 Å². The molecule has 1 aliphatic heterocycles. The van der Waals surface area contributed by atoms with E-state index in [4.69, 9.17) is 5.11 Å². The summed E-state index contributed by atoms with van der Waals surface area (Å²) in [7, 11) is 0. The van der Waals surface area contributed by atoms with Gasteiger partial charge in [-0.2, -0.15) is 11.8 Å². The lowest BCUT2D eigenvalue weighted by molar-refractivity contribution is -0.137. The molecule has 1 N–H and O–H groups in total. The second kappa shape index (κ2) is 6.08. The van der Waals surface area contributed by atoms with Crippen molar-refractivity contribution >= 4 is 23.4 Å². The molecule has 1 saturated heterocycles. The van der Waals surface area contributed by atoms with Gasteiger partial charge in [0.05, 0.1) is 6.42 Å². The van der Waals surface area contributed by atoms with Crippen LogP contribution in [0.3, 0.4) is 0 Å². The first-order valence-electron chi connectivity index (χ1n) is 5.92. The van der Waals surface area contributed by atoms with Crippen molar-refractivity contribution in [2.75, 3.05) is 23.0 Å². The molecule has 0 spiro atoms. The molecular weight excluding hydrogens is 317 g/mol. The maximum atomic E-state index is 13.8. The molecule has 0 aliphatic carbocycles. The van der Waals surface area contributed by atoms with E-state index in [2.05, 4.69) is 0 Å². The molecule has 9 heteroatoms. The molecule has 21 heavy (non-hydrogen) atoms. The molecule has 1 aromatic rings. The van der Waals surface area contributed by atoms with Crippen molar-refractivity contribution in [2.24, 2.45) is 0 Å². The zero-order valence-corrected chi connectivity index (χ0v) is 11.3. The van der Waals surface area contributed by atoms with Crippen molar-refractivity contribution in [1.29, 1.82) is 0 Å². The van der Waals surface area contributed by atoms with Crippen LogP contribution >= 0.6 is 11.8 Å². The normalized spacial score (nSPS) is 18.9. The number of rotatable bonds is 3. The van der Waals surface area contributed by atoms with E-state index in [0.717, 1.165) is 4.90 Å². The highest BCUT2D eigenvalue weighted by atomic mass is 32.2. The molecule has 1 fully saturated rings. The Morgan fingerprint density at radius 3 is 2.14 bits per heavy atom. The van der Waals surface area contributed by atoms with E-state index in [9.17, 15) is 26.7 Å². The van der Waals surface area contributed by atoms with Crippen LogP contribution in [0.2, 0.25) is 0 Å². The molecule has 0 radical (unpaired) electrons. The van der Waals surface area contributed by atoms with Crippen LogP contribution in [0.5, 0.6) is 0 Å². The standard InChI is InChI=1S/C12H10F5NO2S/c13-7-8(14)10(16)12(11(17)9(7)15)18-1-2-21-4-5(18)3-6(19)20/h5H,1-4H2,(H,19,20). The van der Waals surface area contributed by atoms with E-state index in [1.54, 1.807) is 0 Å². The smallest absolute Gasteiger partial charge is 0.305 e. The largest absolute Gasteiger partial charge is 0.481 e. The van der Waals surface area contributed by atoms with Crippen molar-refractivity contribution in [3.63, 3.8) is 0 Å². The molecule has 0 saturated carbocycles. The fraction of sp³-hybridized carbons (Fsp3) is 0.417. The summed E-state index contributed by atoms with van der Waals surface area (Å²) in [5.74, 6) is -10.7. The number of benzene rings is 1. The van der Waals surface area contributed by atoms with Gasteiger partial charge in [-0.15, -0.1) is 0 Å². The summed E-state index contributed by atoms with van der Waals surface area (Å²) in [6.07, 6.45) is -0.452. The zero-order chi connectivity index (χ0) is 15.7. The summed E-state index contributed by atoms with van der Waals surface area (Å²) in [6, 6.07) is -0.838. The second-order valence-electron chi connectivity index (χ2n) is 4.44. The van der Waals surface area contributed by atoms with Gasteiger partial charge in [-0.1, -0.05) is 0 Å². The van der Waals surface area contributed by atoms with Gasteiger partial charge in [-0.25, -0.2) is 22.0 Å². The molecule has 3 nitrogen and oxygen atoms in total. The van der Waals surface area contributed by atoms with Crippen LogP contribution in [-0.2, 0) is 4.79 Å². The Hall–Kier alpha value is -1.51. The van der Waals surface area contributed by atoms with Gasteiger partial charge in [-0.3, -0.25) is 4.79 Å². The molecule has 0 bridgehead atoms. The number of hydrogen-bond acceptors (Lipinski definition) is 3. The van der Waals surface area contributed by atoms with E-state index in [1.807, 2.05) is 0 Å². The lowest BCUT2D eigenvalue weighted by Crippen LogP contribution is -2.45. The van der Waals surface area contributed by atoms with E-state index in [1.165, 1.54) is 11.8 Å². The van der Waals surface area contributed by atoms with E-state index >= 15 is 0 Å². The van der Waals surface area contributed by atoms with Crippen LogP contribution in [0.1, 0.15) is 6.42 Å². The third-order valence-corrected chi connectivity index (χ3v) is 4.20. The quantitative estimate of drug-likeness (QED) is 0.526. The molecule has 1 heterocycles. The number of hydrogen-bond donors (Lipinski definition) is 1. The third kappa shape index (κ3) is 2.92. The monoisotopic (exact) mass is 327 g/mol. The first-order valence-corrected chi connectivity index (χ1v) is 7.07. The molecular formula is C12H10F5NO2S. The minimum atomic E-state index is -2.23. The van der Waals surface area contributed by atoms with Crippen LogP contribution in [0.15, 0.2) is 0 Å². The number of carboxylic acid groups (broad SMARTS) is 1. The summed E-state index contributed by atoms with van der Waals surface area (Å²) in [5.41, 5.74) is -1.06. The van der Waals surface area contributed by atoms with Crippen molar-refractivity contribution in [2.45, 2.75) is 12.5 Å². The highest BCUT2D eigenvalue weighted by molar-refractivity contribution is 7.99. The highest BCUT2D eigenvalue weighted by Crippen LogP contribution is 2.34. The average Bonchev–Trinajstić information content (AvgIpc) is 2.44. The predicted octanol–water partition coefficient (Wildman–Crippen LogP) is 2.78. The van der Waals surface area contributed by atoms with Gasteiger partial charge in [0.1, 0.15) is 5.69 Å². The fourth-order valence-corrected chi connectivity index (χ4v) is 3.23. The van der Waals surface area contributed by atoms with Crippen LogP contribution in [0.4, 0.5) is 27.6 Å². The summed E-state index contributed by atoms with van der Waals surface area (Å²) in [4.78, 5) is 11.7. The van der Waals surface area contributed by atoms with Gasteiger partial charge in [0.25, 0.3) is 0 Å². The van der Waals surface area contributed by atoms with Crippen LogP contribution in [-0.4, -0.2) is 35.2 Å². The minimum Gasteiger partial charge on any atom is -0.481 e. The number of carbonyl (C=O) groups is 1. The van der Waals surface area contributed by atoms with E-state index in [0.29, 0.717) is 5.75 Å². The number of aliphatic carboxylic acids is 1. The van der Waals surface area contributed by atoms with Crippen molar-refractivity contribution in [1.82, 2.24) is 0 Å². The highest BCUT2D eigenvalue weighted by Gasteiger charge is 2.34. The first-order chi connectivity index (χ1) is 9.84. The summed E-state index contributed by atoms with van der Waals surface area (Å²) in [6.45, 7) is 0.000958. The summed E-state index contributed by atoms with van der Waals surface area (Å²) >= 11 is 1.36. The van der Waals surface area contributed by atoms with Gasteiger partial charge in [0.2, 0.25) is 5.82 Å². The molecule has 116 valence electrons. The Labute approximate surface area is 120 Å².